The summed E-state index contributed by atoms with van der Waals surface area (Å²) in [4.78, 5) is 22.6. The molecule has 1 aromatic carbocycles. The number of benzene rings is 1. The highest BCUT2D eigenvalue weighted by molar-refractivity contribution is 5.86. The van der Waals surface area contributed by atoms with Crippen molar-refractivity contribution in [3.05, 3.63) is 34.9 Å². The lowest BCUT2D eigenvalue weighted by atomic mass is 9.96. The lowest BCUT2D eigenvalue weighted by molar-refractivity contribution is -0.147. The van der Waals surface area contributed by atoms with Gasteiger partial charge in [-0.25, -0.2) is 0 Å². The van der Waals surface area contributed by atoms with Crippen molar-refractivity contribution in [2.45, 2.75) is 39.2 Å². The summed E-state index contributed by atoms with van der Waals surface area (Å²) in [5.74, 6) is -5.82. The van der Waals surface area contributed by atoms with E-state index in [1.807, 2.05) is 0 Å². The van der Waals surface area contributed by atoms with Crippen molar-refractivity contribution in [1.82, 2.24) is 5.32 Å². The summed E-state index contributed by atoms with van der Waals surface area (Å²) in [6.45, 7) is 4.82. The molecule has 0 unspecified atom stereocenters. The van der Waals surface area contributed by atoms with E-state index in [-0.39, 0.29) is 12.0 Å². The minimum absolute atomic E-state index is 0.0620. The fraction of sp³-hybridized carbons (Fsp3) is 0.429. The van der Waals surface area contributed by atoms with Crippen LogP contribution in [0.4, 0.5) is 8.78 Å². The van der Waals surface area contributed by atoms with Gasteiger partial charge in [0.25, 0.3) is 5.91 Å². The number of carbonyl (C=O) groups excluding carboxylic acids is 2. The molecule has 0 heterocycles. The predicted octanol–water partition coefficient (Wildman–Crippen LogP) is 1.64. The molecule has 0 aliphatic heterocycles. The van der Waals surface area contributed by atoms with E-state index in [0.717, 1.165) is 0 Å². The van der Waals surface area contributed by atoms with Crippen LogP contribution in [-0.2, 0) is 21.9 Å². The van der Waals surface area contributed by atoms with Gasteiger partial charge in [-0.1, -0.05) is 17.7 Å². The van der Waals surface area contributed by atoms with Crippen molar-refractivity contribution >= 4 is 11.8 Å². The Kier molecular flexibility index (Phi) is 4.81. The SMILES string of the molecule is Cc1ccc(CC(N)=O)c(C(F)(F)C(=O)NC(C)C)c1. The maximum Gasteiger partial charge on any atom is 0.350 e. The zero-order chi connectivity index (χ0) is 15.5. The molecule has 0 aliphatic rings. The van der Waals surface area contributed by atoms with Crippen LogP contribution >= 0.6 is 0 Å². The molecule has 4 nitrogen and oxygen atoms in total. The monoisotopic (exact) mass is 284 g/mol. The topological polar surface area (TPSA) is 72.2 Å². The molecule has 1 rings (SSSR count). The van der Waals surface area contributed by atoms with Crippen LogP contribution in [0.5, 0.6) is 0 Å². The minimum atomic E-state index is -3.71. The van der Waals surface area contributed by atoms with Gasteiger partial charge in [0.1, 0.15) is 0 Å². The van der Waals surface area contributed by atoms with Crippen molar-refractivity contribution in [2.24, 2.45) is 5.73 Å². The number of alkyl halides is 2. The third kappa shape index (κ3) is 3.76. The Labute approximate surface area is 116 Å². The number of amides is 2. The Hall–Kier alpha value is -1.98. The maximum absolute atomic E-state index is 14.2. The highest BCUT2D eigenvalue weighted by Gasteiger charge is 2.42. The second kappa shape index (κ2) is 5.98. The van der Waals surface area contributed by atoms with Crippen LogP contribution < -0.4 is 11.1 Å². The summed E-state index contributed by atoms with van der Waals surface area (Å²) in [5, 5.41) is 2.18. The number of primary amides is 1. The summed E-state index contributed by atoms with van der Waals surface area (Å²) in [6, 6.07) is 3.79. The molecule has 0 bridgehead atoms. The van der Waals surface area contributed by atoms with E-state index in [0.29, 0.717) is 5.56 Å². The minimum Gasteiger partial charge on any atom is -0.369 e. The molecule has 1 aromatic rings. The van der Waals surface area contributed by atoms with Crippen LogP contribution in [0.2, 0.25) is 0 Å². The number of aryl methyl sites for hydroxylation is 1. The Balaban J connectivity index is 3.24. The van der Waals surface area contributed by atoms with E-state index in [4.69, 9.17) is 5.73 Å². The Morgan fingerprint density at radius 1 is 1.35 bits per heavy atom. The summed E-state index contributed by atoms with van der Waals surface area (Å²) in [7, 11) is 0. The van der Waals surface area contributed by atoms with Gasteiger partial charge in [-0.15, -0.1) is 0 Å². The number of hydrogen-bond acceptors (Lipinski definition) is 2. The molecule has 3 N–H and O–H groups in total. The largest absolute Gasteiger partial charge is 0.369 e. The van der Waals surface area contributed by atoms with Gasteiger partial charge < -0.3 is 11.1 Å². The van der Waals surface area contributed by atoms with Crippen molar-refractivity contribution < 1.29 is 18.4 Å². The molecule has 0 radical (unpaired) electrons. The molecule has 0 aliphatic carbocycles. The van der Waals surface area contributed by atoms with Crippen LogP contribution in [0.3, 0.4) is 0 Å². The fourth-order valence-corrected chi connectivity index (χ4v) is 1.80. The molecule has 6 heteroatoms. The van der Waals surface area contributed by atoms with Crippen LogP contribution in [0.1, 0.15) is 30.5 Å². The average molecular weight is 284 g/mol. The van der Waals surface area contributed by atoms with E-state index in [2.05, 4.69) is 5.32 Å². The van der Waals surface area contributed by atoms with E-state index >= 15 is 0 Å². The van der Waals surface area contributed by atoms with Gasteiger partial charge in [0, 0.05) is 11.6 Å². The summed E-state index contributed by atoms with van der Waals surface area (Å²) >= 11 is 0. The van der Waals surface area contributed by atoms with Crippen LogP contribution in [0.15, 0.2) is 18.2 Å². The van der Waals surface area contributed by atoms with Crippen LogP contribution in [0.25, 0.3) is 0 Å². The summed E-state index contributed by atoms with van der Waals surface area (Å²) < 4.78 is 28.5. The number of nitrogens with one attached hydrogen (secondary N) is 1. The molecule has 0 aromatic heterocycles. The highest BCUT2D eigenvalue weighted by Crippen LogP contribution is 2.32. The zero-order valence-electron chi connectivity index (χ0n) is 11.7. The van der Waals surface area contributed by atoms with Gasteiger partial charge in [-0.3, -0.25) is 9.59 Å². The first-order valence-electron chi connectivity index (χ1n) is 6.21. The second-order valence-corrected chi connectivity index (χ2v) is 5.01. The molecule has 0 atom stereocenters. The summed E-state index contributed by atoms with van der Waals surface area (Å²) in [6.07, 6.45) is -0.333. The number of halogens is 2. The molecular formula is C14H18F2N2O2. The third-order valence-electron chi connectivity index (χ3n) is 2.67. The van der Waals surface area contributed by atoms with E-state index in [1.54, 1.807) is 26.8 Å². The molecule has 20 heavy (non-hydrogen) atoms. The molecule has 0 fully saturated rings. The fourth-order valence-electron chi connectivity index (χ4n) is 1.80. The standard InChI is InChI=1S/C14H18F2N2O2/c1-8(2)18-13(20)14(15,16)11-6-9(3)4-5-10(11)7-12(17)19/h4-6,8H,7H2,1-3H3,(H2,17,19)(H,18,20). The quantitative estimate of drug-likeness (QED) is 0.862. The van der Waals surface area contributed by atoms with Crippen molar-refractivity contribution in [2.75, 3.05) is 0 Å². The molecule has 2 amide bonds. The van der Waals surface area contributed by atoms with Gasteiger partial charge in [-0.2, -0.15) is 8.78 Å². The molecule has 0 spiro atoms. The Bertz CT molecular complexity index is 528. The molecule has 0 saturated carbocycles. The van der Waals surface area contributed by atoms with Crippen molar-refractivity contribution in [3.63, 3.8) is 0 Å². The van der Waals surface area contributed by atoms with Gasteiger partial charge in [-0.05, 0) is 32.4 Å². The zero-order valence-corrected chi connectivity index (χ0v) is 11.7. The number of hydrogen-bond donors (Lipinski definition) is 2. The first-order valence-corrected chi connectivity index (χ1v) is 6.21. The van der Waals surface area contributed by atoms with E-state index in [1.165, 1.54) is 12.1 Å². The second-order valence-electron chi connectivity index (χ2n) is 5.01. The number of nitrogens with two attached hydrogens (primary N) is 1. The van der Waals surface area contributed by atoms with Gasteiger partial charge in [0.05, 0.1) is 6.42 Å². The Morgan fingerprint density at radius 2 is 1.95 bits per heavy atom. The van der Waals surface area contributed by atoms with Gasteiger partial charge in [0.15, 0.2) is 0 Å². The first-order chi connectivity index (χ1) is 9.14. The Morgan fingerprint density at radius 3 is 2.45 bits per heavy atom. The molecular weight excluding hydrogens is 266 g/mol. The molecule has 0 saturated heterocycles. The predicted molar refractivity (Wildman–Crippen MR) is 71.3 cm³/mol. The lowest BCUT2D eigenvalue weighted by Crippen LogP contribution is -2.42. The smallest absolute Gasteiger partial charge is 0.350 e. The highest BCUT2D eigenvalue weighted by atomic mass is 19.3. The summed E-state index contributed by atoms with van der Waals surface area (Å²) in [5.41, 5.74) is 5.21. The third-order valence-corrected chi connectivity index (χ3v) is 2.67. The lowest BCUT2D eigenvalue weighted by Gasteiger charge is -2.21. The van der Waals surface area contributed by atoms with Gasteiger partial charge >= 0.3 is 5.92 Å². The van der Waals surface area contributed by atoms with Crippen LogP contribution in [-0.4, -0.2) is 17.9 Å². The van der Waals surface area contributed by atoms with Crippen LogP contribution in [0, 0.1) is 6.92 Å². The van der Waals surface area contributed by atoms with E-state index < -0.39 is 29.3 Å². The number of rotatable bonds is 5. The van der Waals surface area contributed by atoms with Crippen molar-refractivity contribution in [1.29, 1.82) is 0 Å². The van der Waals surface area contributed by atoms with Gasteiger partial charge in [0.2, 0.25) is 5.91 Å². The molecule has 110 valence electrons. The first kappa shape index (κ1) is 16.1. The average Bonchev–Trinajstić information content (AvgIpc) is 2.29. The number of carbonyl (C=O) groups is 2. The normalized spacial score (nSPS) is 11.5. The van der Waals surface area contributed by atoms with Crippen molar-refractivity contribution in [3.8, 4) is 0 Å². The van der Waals surface area contributed by atoms with E-state index in [9.17, 15) is 18.4 Å². The maximum atomic E-state index is 14.2.